The van der Waals surface area contributed by atoms with E-state index in [-0.39, 0.29) is 0 Å². The van der Waals surface area contributed by atoms with E-state index in [9.17, 15) is 0 Å². The molecule has 2 aliphatic carbocycles. The third-order valence-corrected chi connectivity index (χ3v) is 3.74. The van der Waals surface area contributed by atoms with Gasteiger partial charge in [0, 0.05) is 11.6 Å². The van der Waals surface area contributed by atoms with E-state index in [1.165, 1.54) is 12.1 Å². The van der Waals surface area contributed by atoms with Gasteiger partial charge in [0.15, 0.2) is 0 Å². The number of hydrogen-bond donors (Lipinski definition) is 1. The van der Waals surface area contributed by atoms with Crippen LogP contribution < -0.4 is 0 Å². The molecule has 0 heterocycles. The molecule has 2 nitrogen and oxygen atoms in total. The van der Waals surface area contributed by atoms with Gasteiger partial charge in [-0.05, 0) is 56.8 Å². The fourth-order valence-corrected chi connectivity index (χ4v) is 2.90. The SMILES string of the molecule is N#CC1CCC2C/C(=N/S)CC2C1. The predicted molar refractivity (Wildman–Crippen MR) is 55.6 cm³/mol. The van der Waals surface area contributed by atoms with E-state index >= 15 is 0 Å². The molecule has 3 atom stereocenters. The molecule has 2 aliphatic rings. The van der Waals surface area contributed by atoms with E-state index in [2.05, 4.69) is 23.3 Å². The van der Waals surface area contributed by atoms with Crippen LogP contribution in [0.25, 0.3) is 0 Å². The molecule has 0 aromatic heterocycles. The standard InChI is InChI=1S/C10H14N2S/c11-6-7-1-2-8-4-10(12-13)5-9(8)3-7/h7-9,13H,1-5H2/b12-10-. The molecule has 2 fully saturated rings. The zero-order chi connectivity index (χ0) is 9.26. The van der Waals surface area contributed by atoms with E-state index in [4.69, 9.17) is 5.26 Å². The Morgan fingerprint density at radius 1 is 1.31 bits per heavy atom. The van der Waals surface area contributed by atoms with Crippen LogP contribution in [0, 0.1) is 29.1 Å². The third kappa shape index (κ3) is 1.73. The molecular weight excluding hydrogens is 180 g/mol. The molecule has 0 saturated heterocycles. The molecule has 70 valence electrons. The highest BCUT2D eigenvalue weighted by molar-refractivity contribution is 7.79. The lowest BCUT2D eigenvalue weighted by atomic mass is 9.76. The minimum atomic E-state index is 0.306. The van der Waals surface area contributed by atoms with Gasteiger partial charge in [0.2, 0.25) is 0 Å². The number of fused-ring (bicyclic) bond motifs is 1. The molecule has 0 aliphatic heterocycles. The quantitative estimate of drug-likeness (QED) is 0.591. The van der Waals surface area contributed by atoms with E-state index in [1.807, 2.05) is 0 Å². The van der Waals surface area contributed by atoms with Crippen molar-refractivity contribution in [2.24, 2.45) is 22.2 Å². The summed E-state index contributed by atoms with van der Waals surface area (Å²) >= 11 is 3.96. The smallest absolute Gasteiger partial charge is 0.0655 e. The molecule has 0 spiro atoms. The lowest BCUT2D eigenvalue weighted by Gasteiger charge is -2.27. The van der Waals surface area contributed by atoms with Crippen LogP contribution in [-0.4, -0.2) is 5.71 Å². The second-order valence-electron chi connectivity index (χ2n) is 4.23. The lowest BCUT2D eigenvalue weighted by molar-refractivity contribution is 0.240. The number of hydrogen-bond acceptors (Lipinski definition) is 3. The lowest BCUT2D eigenvalue weighted by Crippen LogP contribution is -2.19. The van der Waals surface area contributed by atoms with Crippen LogP contribution in [0.2, 0.25) is 0 Å². The van der Waals surface area contributed by atoms with Crippen LogP contribution in [-0.2, 0) is 0 Å². The van der Waals surface area contributed by atoms with Crippen LogP contribution in [0.1, 0.15) is 32.1 Å². The number of rotatable bonds is 0. The molecule has 3 unspecified atom stereocenters. The summed E-state index contributed by atoms with van der Waals surface area (Å²) < 4.78 is 3.99. The molecule has 0 aromatic rings. The van der Waals surface area contributed by atoms with Crippen molar-refractivity contribution in [1.29, 1.82) is 5.26 Å². The molecule has 13 heavy (non-hydrogen) atoms. The molecule has 0 aromatic carbocycles. The van der Waals surface area contributed by atoms with Gasteiger partial charge >= 0.3 is 0 Å². The Morgan fingerprint density at radius 3 is 2.77 bits per heavy atom. The predicted octanol–water partition coefficient (Wildman–Crippen LogP) is 2.62. The first-order chi connectivity index (χ1) is 6.33. The Bertz CT molecular complexity index is 267. The molecule has 0 bridgehead atoms. The Labute approximate surface area is 84.6 Å². The number of nitrogens with zero attached hydrogens (tertiary/aromatic N) is 2. The molecule has 2 saturated carbocycles. The number of nitriles is 1. The van der Waals surface area contributed by atoms with Crippen molar-refractivity contribution in [3.05, 3.63) is 0 Å². The highest BCUT2D eigenvalue weighted by Gasteiger charge is 2.36. The van der Waals surface area contributed by atoms with Crippen LogP contribution >= 0.6 is 12.8 Å². The van der Waals surface area contributed by atoms with Crippen molar-refractivity contribution < 1.29 is 0 Å². The Kier molecular flexibility index (Phi) is 2.59. The van der Waals surface area contributed by atoms with Gasteiger partial charge in [0.05, 0.1) is 6.07 Å². The second kappa shape index (κ2) is 3.71. The highest BCUT2D eigenvalue weighted by Crippen LogP contribution is 2.43. The topological polar surface area (TPSA) is 36.1 Å². The van der Waals surface area contributed by atoms with Gasteiger partial charge in [-0.15, -0.1) is 0 Å². The monoisotopic (exact) mass is 194 g/mol. The Balaban J connectivity index is 2.02. The van der Waals surface area contributed by atoms with Crippen molar-refractivity contribution in [1.82, 2.24) is 0 Å². The maximum Gasteiger partial charge on any atom is 0.0655 e. The van der Waals surface area contributed by atoms with Crippen molar-refractivity contribution in [2.45, 2.75) is 32.1 Å². The van der Waals surface area contributed by atoms with Gasteiger partial charge in [0.25, 0.3) is 0 Å². The molecule has 0 amide bonds. The Morgan fingerprint density at radius 2 is 2.08 bits per heavy atom. The van der Waals surface area contributed by atoms with E-state index < -0.39 is 0 Å². The summed E-state index contributed by atoms with van der Waals surface area (Å²) in [5.74, 6) is 1.83. The molecule has 2 rings (SSSR count). The summed E-state index contributed by atoms with van der Waals surface area (Å²) in [6, 6.07) is 2.39. The summed E-state index contributed by atoms with van der Waals surface area (Å²) in [5.41, 5.74) is 1.25. The summed E-state index contributed by atoms with van der Waals surface area (Å²) in [5, 5.41) is 8.84. The zero-order valence-electron chi connectivity index (χ0n) is 7.61. The number of thiol groups is 1. The van der Waals surface area contributed by atoms with Crippen molar-refractivity contribution >= 4 is 18.5 Å². The summed E-state index contributed by atoms with van der Waals surface area (Å²) in [6.45, 7) is 0. The average Bonchev–Trinajstić information content (AvgIpc) is 2.58. The van der Waals surface area contributed by atoms with Crippen LogP contribution in [0.4, 0.5) is 0 Å². The summed E-state index contributed by atoms with van der Waals surface area (Å²) in [4.78, 5) is 0. The van der Waals surface area contributed by atoms with Gasteiger partial charge in [0.1, 0.15) is 0 Å². The largest absolute Gasteiger partial charge is 0.229 e. The van der Waals surface area contributed by atoms with Crippen LogP contribution in [0.15, 0.2) is 4.40 Å². The van der Waals surface area contributed by atoms with Gasteiger partial charge in [-0.1, -0.05) is 0 Å². The van der Waals surface area contributed by atoms with Crippen LogP contribution in [0.5, 0.6) is 0 Å². The highest BCUT2D eigenvalue weighted by atomic mass is 32.1. The molecule has 0 radical (unpaired) electrons. The average molecular weight is 194 g/mol. The summed E-state index contributed by atoms with van der Waals surface area (Å²) in [7, 11) is 0. The maximum atomic E-state index is 8.84. The van der Waals surface area contributed by atoms with E-state index in [1.54, 1.807) is 0 Å². The fraction of sp³-hybridized carbons (Fsp3) is 0.800. The van der Waals surface area contributed by atoms with Gasteiger partial charge < -0.3 is 0 Å². The second-order valence-corrected chi connectivity index (χ2v) is 4.43. The van der Waals surface area contributed by atoms with Crippen molar-refractivity contribution in [3.63, 3.8) is 0 Å². The fourth-order valence-electron chi connectivity index (χ4n) is 2.73. The first kappa shape index (κ1) is 9.08. The molecule has 0 N–H and O–H groups in total. The van der Waals surface area contributed by atoms with Crippen molar-refractivity contribution in [3.8, 4) is 6.07 Å². The summed E-state index contributed by atoms with van der Waals surface area (Å²) in [6.07, 6.45) is 5.62. The minimum Gasteiger partial charge on any atom is -0.229 e. The van der Waals surface area contributed by atoms with Crippen LogP contribution in [0.3, 0.4) is 0 Å². The van der Waals surface area contributed by atoms with Gasteiger partial charge in [-0.2, -0.15) is 5.26 Å². The van der Waals surface area contributed by atoms with Gasteiger partial charge in [-0.3, -0.25) is 0 Å². The molecular formula is C10H14N2S. The van der Waals surface area contributed by atoms with E-state index in [0.717, 1.165) is 37.5 Å². The van der Waals surface area contributed by atoms with Gasteiger partial charge in [-0.25, -0.2) is 4.40 Å². The van der Waals surface area contributed by atoms with E-state index in [0.29, 0.717) is 5.92 Å². The maximum absolute atomic E-state index is 8.84. The first-order valence-electron chi connectivity index (χ1n) is 4.93. The first-order valence-corrected chi connectivity index (χ1v) is 5.33. The zero-order valence-corrected chi connectivity index (χ0v) is 8.50. The molecule has 3 heteroatoms. The van der Waals surface area contributed by atoms with Crippen molar-refractivity contribution in [2.75, 3.05) is 0 Å². The third-order valence-electron chi connectivity index (χ3n) is 3.46. The minimum absolute atomic E-state index is 0.306. The Hall–Kier alpha value is -0.490. The normalized spacial score (nSPS) is 41.5.